The number of urea groups is 1. The Balaban J connectivity index is 1.53. The summed E-state index contributed by atoms with van der Waals surface area (Å²) < 4.78 is 28.9. The summed E-state index contributed by atoms with van der Waals surface area (Å²) in [6.45, 7) is -0.933. The van der Waals surface area contributed by atoms with Crippen molar-refractivity contribution in [3.63, 3.8) is 0 Å². The highest BCUT2D eigenvalue weighted by Gasteiger charge is 2.18. The highest BCUT2D eigenvalue weighted by atomic mass is 32.1. The van der Waals surface area contributed by atoms with Crippen LogP contribution in [0.25, 0.3) is 0 Å². The van der Waals surface area contributed by atoms with Crippen LogP contribution in [-0.2, 0) is 0 Å². The Morgan fingerprint density at radius 1 is 1.06 bits per heavy atom. The van der Waals surface area contributed by atoms with Crippen LogP contribution < -0.4 is 20.3 Å². The largest absolute Gasteiger partial charge is 0.435 e. The third-order valence-electron chi connectivity index (χ3n) is 4.56. The van der Waals surface area contributed by atoms with Crippen molar-refractivity contribution in [3.05, 3.63) is 84.1 Å². The Labute approximate surface area is 192 Å². The monoisotopic (exact) mass is 467 g/mol. The number of halogens is 2. The summed E-state index contributed by atoms with van der Waals surface area (Å²) in [5.41, 5.74) is 3.65. The minimum absolute atomic E-state index is 0.0109. The first-order valence-corrected chi connectivity index (χ1v) is 10.7. The van der Waals surface area contributed by atoms with Gasteiger partial charge in [-0.05, 0) is 61.0 Å². The molecule has 0 aliphatic carbocycles. The number of aromatic nitrogens is 2. The molecule has 0 radical (unpaired) electrons. The van der Waals surface area contributed by atoms with E-state index >= 15 is 0 Å². The molecule has 168 valence electrons. The number of carbonyl (C=O) groups is 1. The molecule has 0 saturated heterocycles. The first kappa shape index (κ1) is 22.2. The summed E-state index contributed by atoms with van der Waals surface area (Å²) in [7, 11) is 0. The standard InChI is InChI=1S/C23H19F2N5O2S/c1-15-4-5-17(29-22(31)28-16-6-8-19(9-7-16)32-21(24)25)13-20(15)30(23-27-11-12-33-23)18-3-2-10-26-14-18/h2-14,21H,1H3,(H2,28,29,31). The van der Waals surface area contributed by atoms with Gasteiger partial charge in [0, 0.05) is 29.1 Å². The van der Waals surface area contributed by atoms with Crippen LogP contribution in [0.5, 0.6) is 5.75 Å². The number of hydrogen-bond acceptors (Lipinski definition) is 6. The number of hydrogen-bond donors (Lipinski definition) is 2. The fourth-order valence-corrected chi connectivity index (χ4v) is 3.78. The van der Waals surface area contributed by atoms with Crippen molar-refractivity contribution in [1.29, 1.82) is 0 Å². The summed E-state index contributed by atoms with van der Waals surface area (Å²) in [4.78, 5) is 23.1. The second-order valence-corrected chi connectivity index (χ2v) is 7.72. The Hall–Kier alpha value is -4.05. The van der Waals surface area contributed by atoms with Crippen LogP contribution in [0.2, 0.25) is 0 Å². The highest BCUT2D eigenvalue weighted by molar-refractivity contribution is 7.13. The summed E-state index contributed by atoms with van der Waals surface area (Å²) in [6.07, 6.45) is 5.17. The van der Waals surface area contributed by atoms with Crippen LogP contribution in [0.4, 0.5) is 41.5 Å². The van der Waals surface area contributed by atoms with Crippen molar-refractivity contribution in [1.82, 2.24) is 9.97 Å². The van der Waals surface area contributed by atoms with E-state index in [2.05, 4.69) is 25.3 Å². The molecule has 33 heavy (non-hydrogen) atoms. The van der Waals surface area contributed by atoms with E-state index < -0.39 is 12.6 Å². The number of nitrogens with one attached hydrogen (secondary N) is 2. The molecule has 0 aliphatic heterocycles. The number of nitrogens with zero attached hydrogens (tertiary/aromatic N) is 3. The third kappa shape index (κ3) is 5.60. The molecular weight excluding hydrogens is 448 g/mol. The Morgan fingerprint density at radius 2 is 1.82 bits per heavy atom. The van der Waals surface area contributed by atoms with Gasteiger partial charge in [0.25, 0.3) is 0 Å². The molecule has 4 aromatic rings. The predicted octanol–water partition coefficient (Wildman–Crippen LogP) is 6.56. The van der Waals surface area contributed by atoms with Gasteiger partial charge in [0.2, 0.25) is 0 Å². The maximum Gasteiger partial charge on any atom is 0.387 e. The predicted molar refractivity (Wildman–Crippen MR) is 125 cm³/mol. The van der Waals surface area contributed by atoms with Crippen LogP contribution in [0.3, 0.4) is 0 Å². The SMILES string of the molecule is Cc1ccc(NC(=O)Nc2ccc(OC(F)F)cc2)cc1N(c1cccnc1)c1nccs1. The molecule has 7 nitrogen and oxygen atoms in total. The van der Waals surface area contributed by atoms with E-state index in [9.17, 15) is 13.6 Å². The highest BCUT2D eigenvalue weighted by Crippen LogP contribution is 2.38. The minimum Gasteiger partial charge on any atom is -0.435 e. The van der Waals surface area contributed by atoms with Gasteiger partial charge in [-0.3, -0.25) is 9.88 Å². The molecule has 2 amide bonds. The van der Waals surface area contributed by atoms with Crippen LogP contribution in [0, 0.1) is 6.92 Å². The summed E-state index contributed by atoms with van der Waals surface area (Å²) in [6, 6.07) is 14.5. The van der Waals surface area contributed by atoms with Crippen LogP contribution in [0.1, 0.15) is 5.56 Å². The van der Waals surface area contributed by atoms with Crippen molar-refractivity contribution in [3.8, 4) is 5.75 Å². The van der Waals surface area contributed by atoms with Crippen LogP contribution in [-0.4, -0.2) is 22.6 Å². The van der Waals surface area contributed by atoms with E-state index in [0.29, 0.717) is 11.4 Å². The molecule has 0 aliphatic rings. The lowest BCUT2D eigenvalue weighted by molar-refractivity contribution is -0.0498. The van der Waals surface area contributed by atoms with Gasteiger partial charge in [-0.1, -0.05) is 6.07 Å². The normalized spacial score (nSPS) is 10.7. The number of ether oxygens (including phenoxy) is 1. The maximum atomic E-state index is 12.5. The molecule has 2 aromatic heterocycles. The van der Waals surface area contributed by atoms with E-state index in [1.54, 1.807) is 24.7 Å². The fraction of sp³-hybridized carbons (Fsp3) is 0.0870. The summed E-state index contributed by atoms with van der Waals surface area (Å²) in [5, 5.41) is 8.12. The number of amides is 2. The van der Waals surface area contributed by atoms with Crippen molar-refractivity contribution in [2.45, 2.75) is 13.5 Å². The second kappa shape index (κ2) is 10.0. The van der Waals surface area contributed by atoms with Crippen molar-refractivity contribution in [2.75, 3.05) is 15.5 Å². The number of anilines is 5. The van der Waals surface area contributed by atoms with E-state index in [0.717, 1.165) is 22.1 Å². The van der Waals surface area contributed by atoms with E-state index in [-0.39, 0.29) is 5.75 Å². The van der Waals surface area contributed by atoms with E-state index in [1.807, 2.05) is 41.5 Å². The smallest absolute Gasteiger partial charge is 0.387 e. The lowest BCUT2D eigenvalue weighted by atomic mass is 10.1. The molecule has 0 saturated carbocycles. The number of benzene rings is 2. The van der Waals surface area contributed by atoms with Gasteiger partial charge in [-0.2, -0.15) is 8.78 Å². The number of alkyl halides is 2. The molecule has 2 heterocycles. The van der Waals surface area contributed by atoms with Crippen molar-refractivity contribution in [2.24, 2.45) is 0 Å². The summed E-state index contributed by atoms with van der Waals surface area (Å²) >= 11 is 1.49. The van der Waals surface area contributed by atoms with Gasteiger partial charge in [0.1, 0.15) is 5.75 Å². The molecule has 0 spiro atoms. The topological polar surface area (TPSA) is 79.4 Å². The number of pyridine rings is 1. The van der Waals surface area contributed by atoms with Gasteiger partial charge in [0.05, 0.1) is 17.6 Å². The molecular formula is C23H19F2N5O2S. The molecule has 2 N–H and O–H groups in total. The Morgan fingerprint density at radius 3 is 2.48 bits per heavy atom. The van der Waals surface area contributed by atoms with Crippen LogP contribution >= 0.6 is 11.3 Å². The lowest BCUT2D eigenvalue weighted by Crippen LogP contribution is -2.20. The van der Waals surface area contributed by atoms with Gasteiger partial charge in [-0.25, -0.2) is 9.78 Å². The quantitative estimate of drug-likeness (QED) is 0.322. The third-order valence-corrected chi connectivity index (χ3v) is 5.32. The molecule has 0 atom stereocenters. The fourth-order valence-electron chi connectivity index (χ4n) is 3.11. The zero-order valence-electron chi connectivity index (χ0n) is 17.4. The molecule has 2 aromatic carbocycles. The number of aryl methyl sites for hydroxylation is 1. The Kier molecular flexibility index (Phi) is 6.75. The Bertz CT molecular complexity index is 1210. The lowest BCUT2D eigenvalue weighted by Gasteiger charge is -2.24. The van der Waals surface area contributed by atoms with Gasteiger partial charge < -0.3 is 15.4 Å². The van der Waals surface area contributed by atoms with Gasteiger partial charge >= 0.3 is 12.6 Å². The average Bonchev–Trinajstić information content (AvgIpc) is 3.32. The van der Waals surface area contributed by atoms with Crippen LogP contribution in [0.15, 0.2) is 78.6 Å². The minimum atomic E-state index is -2.90. The molecule has 4 rings (SSSR count). The first-order chi connectivity index (χ1) is 16.0. The molecule has 0 unspecified atom stereocenters. The number of carbonyl (C=O) groups excluding carboxylic acids is 1. The second-order valence-electron chi connectivity index (χ2n) is 6.84. The van der Waals surface area contributed by atoms with Gasteiger partial charge in [0.15, 0.2) is 5.13 Å². The first-order valence-electron chi connectivity index (χ1n) is 9.83. The molecule has 10 heteroatoms. The van der Waals surface area contributed by atoms with E-state index in [1.165, 1.54) is 35.6 Å². The zero-order chi connectivity index (χ0) is 23.2. The molecule has 0 fully saturated rings. The van der Waals surface area contributed by atoms with Gasteiger partial charge in [-0.15, -0.1) is 11.3 Å². The maximum absolute atomic E-state index is 12.5. The van der Waals surface area contributed by atoms with Crippen molar-refractivity contribution >= 4 is 45.2 Å². The summed E-state index contributed by atoms with van der Waals surface area (Å²) in [5.74, 6) is 0.0109. The zero-order valence-corrected chi connectivity index (χ0v) is 18.2. The van der Waals surface area contributed by atoms with E-state index in [4.69, 9.17) is 0 Å². The average molecular weight is 468 g/mol. The van der Waals surface area contributed by atoms with Crippen molar-refractivity contribution < 1.29 is 18.3 Å². The number of thiazole rings is 1. The number of rotatable bonds is 7. The molecule has 0 bridgehead atoms.